The Morgan fingerprint density at radius 3 is 2.82 bits per heavy atom. The molecule has 1 aromatic heterocycles. The fourth-order valence-electron chi connectivity index (χ4n) is 0.648. The number of nitrogens with one attached hydrogen (secondary N) is 1. The van der Waals surface area contributed by atoms with Crippen LogP contribution in [-0.2, 0) is 0 Å². The number of nitrogens with two attached hydrogens (primary N) is 1. The predicted molar refractivity (Wildman–Crippen MR) is 36.4 cm³/mol. The first-order chi connectivity index (χ1) is 5.13. The van der Waals surface area contributed by atoms with Gasteiger partial charge in [-0.1, -0.05) is 0 Å². The molecule has 6 heteroatoms. The van der Waals surface area contributed by atoms with Crippen LogP contribution in [0.4, 0.5) is 5.69 Å². The Bertz CT molecular complexity index is 275. The van der Waals surface area contributed by atoms with Gasteiger partial charge in [0.2, 0.25) is 5.76 Å². The maximum absolute atomic E-state index is 10.2. The van der Waals surface area contributed by atoms with Crippen LogP contribution in [-0.4, -0.2) is 10.8 Å². The summed E-state index contributed by atoms with van der Waals surface area (Å²) in [7, 11) is 0. The third-order valence-corrected chi connectivity index (χ3v) is 1.09. The molecule has 0 saturated heterocycles. The molecule has 0 spiro atoms. The highest BCUT2D eigenvalue weighted by Crippen LogP contribution is 2.17. The summed E-state index contributed by atoms with van der Waals surface area (Å²) in [5.74, 6) is -0.642. The highest BCUT2D eigenvalue weighted by Gasteiger charge is 2.18. The fourth-order valence-corrected chi connectivity index (χ4v) is 0.648. The normalized spacial score (nSPS) is 9.45. The monoisotopic (exact) mass is 155 g/mol. The van der Waals surface area contributed by atoms with E-state index in [0.29, 0.717) is 0 Å². The van der Waals surface area contributed by atoms with Gasteiger partial charge in [0.15, 0.2) is 5.84 Å². The minimum atomic E-state index is -0.653. The van der Waals surface area contributed by atoms with Crippen LogP contribution in [0.5, 0.6) is 0 Å². The second-order valence-electron chi connectivity index (χ2n) is 1.81. The van der Waals surface area contributed by atoms with Crippen molar-refractivity contribution in [1.82, 2.24) is 0 Å². The summed E-state index contributed by atoms with van der Waals surface area (Å²) in [4.78, 5) is 9.53. The zero-order chi connectivity index (χ0) is 8.43. The van der Waals surface area contributed by atoms with Crippen molar-refractivity contribution in [2.45, 2.75) is 0 Å². The van der Waals surface area contributed by atoms with E-state index in [4.69, 9.17) is 11.1 Å². The molecule has 0 aliphatic rings. The molecule has 1 rings (SSSR count). The highest BCUT2D eigenvalue weighted by molar-refractivity contribution is 5.95. The average Bonchev–Trinajstić information content (AvgIpc) is 2.32. The Hall–Kier alpha value is -1.85. The number of furan rings is 1. The summed E-state index contributed by atoms with van der Waals surface area (Å²) in [6.07, 6.45) is 1.12. The summed E-state index contributed by atoms with van der Waals surface area (Å²) in [5.41, 5.74) is 4.70. The van der Waals surface area contributed by atoms with Crippen LogP contribution in [0, 0.1) is 15.5 Å². The molecule has 1 aromatic rings. The minimum Gasteiger partial charge on any atom is -0.454 e. The Kier molecular flexibility index (Phi) is 1.59. The van der Waals surface area contributed by atoms with E-state index in [9.17, 15) is 10.1 Å². The second kappa shape index (κ2) is 2.41. The zero-order valence-electron chi connectivity index (χ0n) is 5.40. The van der Waals surface area contributed by atoms with Crippen LogP contribution in [0.25, 0.3) is 0 Å². The van der Waals surface area contributed by atoms with Gasteiger partial charge in [0.1, 0.15) is 0 Å². The van der Waals surface area contributed by atoms with Gasteiger partial charge in [-0.15, -0.1) is 0 Å². The lowest BCUT2D eigenvalue weighted by Crippen LogP contribution is -2.11. The number of nitrogen functional groups attached to an aromatic ring is 1. The molecule has 0 amide bonds. The van der Waals surface area contributed by atoms with Crippen LogP contribution in [0.3, 0.4) is 0 Å². The Morgan fingerprint density at radius 2 is 2.45 bits per heavy atom. The van der Waals surface area contributed by atoms with E-state index in [2.05, 4.69) is 4.42 Å². The van der Waals surface area contributed by atoms with E-state index < -0.39 is 10.8 Å². The Balaban J connectivity index is 3.16. The molecule has 11 heavy (non-hydrogen) atoms. The topological polar surface area (TPSA) is 106 Å². The van der Waals surface area contributed by atoms with Crippen LogP contribution >= 0.6 is 0 Å². The van der Waals surface area contributed by atoms with Crippen molar-refractivity contribution in [3.63, 3.8) is 0 Å². The van der Waals surface area contributed by atoms with Crippen molar-refractivity contribution in [3.05, 3.63) is 28.2 Å². The number of hydrogen-bond donors (Lipinski definition) is 2. The van der Waals surface area contributed by atoms with Gasteiger partial charge >= 0.3 is 5.69 Å². The SMILES string of the molecule is N=C(N)c1occc1[N+](=O)[O-]. The summed E-state index contributed by atoms with van der Waals surface area (Å²) in [5, 5.41) is 17.0. The van der Waals surface area contributed by atoms with Gasteiger partial charge in [-0.05, 0) is 0 Å². The number of hydrogen-bond acceptors (Lipinski definition) is 4. The number of rotatable bonds is 2. The molecule has 3 N–H and O–H groups in total. The molecule has 0 radical (unpaired) electrons. The van der Waals surface area contributed by atoms with E-state index in [1.165, 1.54) is 0 Å². The molecule has 1 heterocycles. The lowest BCUT2D eigenvalue weighted by Gasteiger charge is -1.89. The number of amidine groups is 1. The number of nitro groups is 1. The molecule has 0 fully saturated rings. The van der Waals surface area contributed by atoms with Crippen LogP contribution in [0.1, 0.15) is 5.76 Å². The van der Waals surface area contributed by atoms with Crippen molar-refractivity contribution >= 4 is 11.5 Å². The summed E-state index contributed by atoms with van der Waals surface area (Å²) in [6, 6.07) is 1.15. The first-order valence-electron chi connectivity index (χ1n) is 2.69. The van der Waals surface area contributed by atoms with Crippen molar-refractivity contribution < 1.29 is 9.34 Å². The molecule has 0 aliphatic carbocycles. The van der Waals surface area contributed by atoms with Crippen molar-refractivity contribution in [3.8, 4) is 0 Å². The van der Waals surface area contributed by atoms with Crippen molar-refractivity contribution in [2.75, 3.05) is 0 Å². The lowest BCUT2D eigenvalue weighted by molar-refractivity contribution is -0.385. The van der Waals surface area contributed by atoms with Gasteiger partial charge in [-0.2, -0.15) is 0 Å². The predicted octanol–water partition coefficient (Wildman–Crippen LogP) is 0.472. The quantitative estimate of drug-likeness (QED) is 0.280. The maximum atomic E-state index is 10.2. The van der Waals surface area contributed by atoms with E-state index in [-0.39, 0.29) is 11.4 Å². The van der Waals surface area contributed by atoms with E-state index in [1.54, 1.807) is 0 Å². The molecular formula is C5H5N3O3. The fraction of sp³-hybridized carbons (Fsp3) is 0. The Labute approximate surface area is 61.3 Å². The van der Waals surface area contributed by atoms with Gasteiger partial charge < -0.3 is 10.2 Å². The van der Waals surface area contributed by atoms with Crippen LogP contribution in [0.15, 0.2) is 16.7 Å². The average molecular weight is 155 g/mol. The van der Waals surface area contributed by atoms with E-state index in [1.807, 2.05) is 0 Å². The molecule has 0 aromatic carbocycles. The highest BCUT2D eigenvalue weighted by atomic mass is 16.6. The molecule has 0 atom stereocenters. The van der Waals surface area contributed by atoms with Crippen LogP contribution in [0.2, 0.25) is 0 Å². The smallest absolute Gasteiger partial charge is 0.318 e. The first-order valence-corrected chi connectivity index (χ1v) is 2.69. The van der Waals surface area contributed by atoms with Gasteiger partial charge in [-0.25, -0.2) is 0 Å². The van der Waals surface area contributed by atoms with Crippen LogP contribution < -0.4 is 5.73 Å². The van der Waals surface area contributed by atoms with Gasteiger partial charge in [0, 0.05) is 0 Å². The van der Waals surface area contributed by atoms with Crippen molar-refractivity contribution in [2.24, 2.45) is 5.73 Å². The standard InChI is InChI=1S/C5H5N3O3/c6-5(7)4-3(8(9)10)1-2-11-4/h1-2H,(H3,6,7). The van der Waals surface area contributed by atoms with E-state index in [0.717, 1.165) is 12.3 Å². The first kappa shape index (κ1) is 7.26. The summed E-state index contributed by atoms with van der Waals surface area (Å²) >= 11 is 0. The number of nitrogens with zero attached hydrogens (tertiary/aromatic N) is 1. The molecule has 58 valence electrons. The zero-order valence-corrected chi connectivity index (χ0v) is 5.40. The lowest BCUT2D eigenvalue weighted by atomic mass is 10.4. The third kappa shape index (κ3) is 1.18. The third-order valence-electron chi connectivity index (χ3n) is 1.09. The molecule has 6 nitrogen and oxygen atoms in total. The molecule has 0 aliphatic heterocycles. The summed E-state index contributed by atoms with van der Waals surface area (Å²) < 4.78 is 4.60. The maximum Gasteiger partial charge on any atom is 0.318 e. The largest absolute Gasteiger partial charge is 0.454 e. The van der Waals surface area contributed by atoms with Gasteiger partial charge in [0.25, 0.3) is 0 Å². The second-order valence-corrected chi connectivity index (χ2v) is 1.81. The molecular weight excluding hydrogens is 150 g/mol. The van der Waals surface area contributed by atoms with E-state index >= 15 is 0 Å². The molecule has 0 saturated carbocycles. The van der Waals surface area contributed by atoms with Gasteiger partial charge in [-0.3, -0.25) is 15.5 Å². The Morgan fingerprint density at radius 1 is 1.82 bits per heavy atom. The minimum absolute atomic E-state index is 0.199. The van der Waals surface area contributed by atoms with Gasteiger partial charge in [0.05, 0.1) is 17.3 Å². The molecule has 0 bridgehead atoms. The molecule has 0 unspecified atom stereocenters. The van der Waals surface area contributed by atoms with Crippen molar-refractivity contribution in [1.29, 1.82) is 5.41 Å². The summed E-state index contributed by atoms with van der Waals surface area (Å²) in [6.45, 7) is 0.